The summed E-state index contributed by atoms with van der Waals surface area (Å²) in [6, 6.07) is 8.64. The van der Waals surface area contributed by atoms with Gasteiger partial charge in [-0.3, -0.25) is 4.99 Å². The molecule has 0 aromatic heterocycles. The highest BCUT2D eigenvalue weighted by Crippen LogP contribution is 2.34. The van der Waals surface area contributed by atoms with E-state index in [0.717, 1.165) is 31.1 Å². The van der Waals surface area contributed by atoms with Gasteiger partial charge in [0.15, 0.2) is 5.96 Å². The van der Waals surface area contributed by atoms with Crippen molar-refractivity contribution in [2.75, 3.05) is 20.2 Å². The zero-order chi connectivity index (χ0) is 17.9. The number of fused-ring (bicyclic) bond motifs is 2. The maximum Gasteiger partial charge on any atom is 0.191 e. The van der Waals surface area contributed by atoms with E-state index >= 15 is 0 Å². The van der Waals surface area contributed by atoms with Crippen molar-refractivity contribution in [3.63, 3.8) is 0 Å². The first kappa shape index (κ1) is 18.1. The molecule has 0 saturated carbocycles. The van der Waals surface area contributed by atoms with Gasteiger partial charge < -0.3 is 20.1 Å². The molecule has 2 N–H and O–H groups in total. The van der Waals surface area contributed by atoms with Crippen molar-refractivity contribution >= 4 is 5.96 Å². The second-order valence-corrected chi connectivity index (χ2v) is 7.67. The average molecular weight is 345 g/mol. The quantitative estimate of drug-likeness (QED) is 0.615. The van der Waals surface area contributed by atoms with Crippen LogP contribution in [0.1, 0.15) is 45.6 Å². The Labute approximate surface area is 151 Å². The normalized spacial score (nSPS) is 25.9. The van der Waals surface area contributed by atoms with Crippen molar-refractivity contribution in [1.29, 1.82) is 0 Å². The predicted molar refractivity (Wildman–Crippen MR) is 101 cm³/mol. The Bertz CT molecular complexity index is 615. The van der Waals surface area contributed by atoms with Gasteiger partial charge >= 0.3 is 0 Å². The molecule has 2 saturated heterocycles. The fourth-order valence-electron chi connectivity index (χ4n) is 3.70. The lowest BCUT2D eigenvalue weighted by Crippen LogP contribution is -2.47. The number of hydrogen-bond donors (Lipinski definition) is 2. The molecular weight excluding hydrogens is 314 g/mol. The minimum absolute atomic E-state index is 0.0674. The van der Waals surface area contributed by atoms with Crippen LogP contribution in [0.15, 0.2) is 29.3 Å². The summed E-state index contributed by atoms with van der Waals surface area (Å²) in [4.78, 5) is 4.86. The highest BCUT2D eigenvalue weighted by molar-refractivity contribution is 5.80. The molecule has 0 aliphatic carbocycles. The van der Waals surface area contributed by atoms with Gasteiger partial charge in [0, 0.05) is 12.0 Å². The topological polar surface area (TPSA) is 54.9 Å². The number of guanidine groups is 1. The van der Waals surface area contributed by atoms with E-state index in [9.17, 15) is 0 Å². The summed E-state index contributed by atoms with van der Waals surface area (Å²) >= 11 is 0. The Morgan fingerprint density at radius 1 is 1.36 bits per heavy atom. The van der Waals surface area contributed by atoms with E-state index in [0.29, 0.717) is 24.8 Å². The van der Waals surface area contributed by atoms with E-state index in [1.165, 1.54) is 12.0 Å². The van der Waals surface area contributed by atoms with Crippen molar-refractivity contribution in [3.8, 4) is 5.75 Å². The largest absolute Gasteiger partial charge is 0.497 e. The van der Waals surface area contributed by atoms with Crippen LogP contribution in [0, 0.1) is 0 Å². The van der Waals surface area contributed by atoms with Crippen LogP contribution in [0.4, 0.5) is 0 Å². The van der Waals surface area contributed by atoms with Gasteiger partial charge in [-0.2, -0.15) is 0 Å². The zero-order valence-electron chi connectivity index (χ0n) is 15.8. The van der Waals surface area contributed by atoms with Gasteiger partial charge in [-0.15, -0.1) is 0 Å². The number of methoxy groups -OCH3 is 1. The number of hydrogen-bond acceptors (Lipinski definition) is 3. The smallest absolute Gasteiger partial charge is 0.191 e. The summed E-state index contributed by atoms with van der Waals surface area (Å²) < 4.78 is 11.3. The van der Waals surface area contributed by atoms with Gasteiger partial charge in [-0.1, -0.05) is 26.0 Å². The molecule has 0 amide bonds. The van der Waals surface area contributed by atoms with Gasteiger partial charge in [0.25, 0.3) is 0 Å². The highest BCUT2D eigenvalue weighted by atomic mass is 16.5. The Kier molecular flexibility index (Phi) is 5.52. The highest BCUT2D eigenvalue weighted by Gasteiger charge is 2.41. The predicted octanol–water partition coefficient (Wildman–Crippen LogP) is 2.85. The molecule has 1 aromatic carbocycles. The van der Waals surface area contributed by atoms with Gasteiger partial charge in [0.2, 0.25) is 0 Å². The third-order valence-electron chi connectivity index (χ3n) is 5.26. The van der Waals surface area contributed by atoms with Crippen LogP contribution in [0.3, 0.4) is 0 Å². The summed E-state index contributed by atoms with van der Waals surface area (Å²) in [7, 11) is 1.70. The second-order valence-electron chi connectivity index (χ2n) is 7.67. The minimum atomic E-state index is -0.0674. The summed E-state index contributed by atoms with van der Waals surface area (Å²) in [5.74, 6) is 1.78. The van der Waals surface area contributed by atoms with Crippen molar-refractivity contribution in [3.05, 3.63) is 29.8 Å². The summed E-state index contributed by atoms with van der Waals surface area (Å²) in [5, 5.41) is 6.96. The van der Waals surface area contributed by atoms with Crippen LogP contribution in [0.5, 0.6) is 5.75 Å². The fourth-order valence-corrected chi connectivity index (χ4v) is 3.70. The number of rotatable bonds is 6. The van der Waals surface area contributed by atoms with E-state index in [1.807, 2.05) is 12.1 Å². The van der Waals surface area contributed by atoms with Crippen LogP contribution in [0.25, 0.3) is 0 Å². The van der Waals surface area contributed by atoms with E-state index in [1.54, 1.807) is 7.11 Å². The minimum Gasteiger partial charge on any atom is -0.497 e. The van der Waals surface area contributed by atoms with Gasteiger partial charge in [0.1, 0.15) is 5.75 Å². The Balaban J connectivity index is 1.67. The number of benzene rings is 1. The zero-order valence-corrected chi connectivity index (χ0v) is 15.8. The lowest BCUT2D eigenvalue weighted by molar-refractivity contribution is 0.0992. The van der Waals surface area contributed by atoms with E-state index in [4.69, 9.17) is 14.5 Å². The molecule has 0 radical (unpaired) electrons. The first-order valence-corrected chi connectivity index (χ1v) is 9.36. The van der Waals surface area contributed by atoms with Gasteiger partial charge in [0.05, 0.1) is 31.9 Å². The molecule has 3 atom stereocenters. The molecule has 1 aromatic rings. The molecule has 2 aliphatic rings. The Morgan fingerprint density at radius 2 is 2.20 bits per heavy atom. The lowest BCUT2D eigenvalue weighted by Gasteiger charge is -2.26. The lowest BCUT2D eigenvalue weighted by atomic mass is 9.84. The molecule has 3 rings (SSSR count). The molecule has 3 unspecified atom stereocenters. The fraction of sp³-hybridized carbons (Fsp3) is 0.650. The van der Waals surface area contributed by atoms with Crippen LogP contribution < -0.4 is 15.4 Å². The molecule has 2 heterocycles. The molecule has 138 valence electrons. The van der Waals surface area contributed by atoms with Gasteiger partial charge in [-0.25, -0.2) is 0 Å². The molecule has 25 heavy (non-hydrogen) atoms. The number of nitrogens with one attached hydrogen (secondary N) is 2. The first-order valence-electron chi connectivity index (χ1n) is 9.36. The molecule has 2 aliphatic heterocycles. The van der Waals surface area contributed by atoms with Crippen LogP contribution in [-0.4, -0.2) is 44.4 Å². The Morgan fingerprint density at radius 3 is 2.84 bits per heavy atom. The van der Waals surface area contributed by atoms with Crippen molar-refractivity contribution in [1.82, 2.24) is 10.6 Å². The average Bonchev–Trinajstić information content (AvgIpc) is 3.23. The summed E-state index contributed by atoms with van der Waals surface area (Å²) in [6.45, 7) is 8.09. The van der Waals surface area contributed by atoms with Crippen molar-refractivity contribution < 1.29 is 9.47 Å². The number of ether oxygens (including phenoxy) is 2. The van der Waals surface area contributed by atoms with Gasteiger partial charge in [-0.05, 0) is 43.9 Å². The summed E-state index contributed by atoms with van der Waals surface area (Å²) in [5.41, 5.74) is 1.16. The number of aliphatic imine (C=N–C) groups is 1. The molecule has 5 heteroatoms. The maximum absolute atomic E-state index is 5.94. The van der Waals surface area contributed by atoms with Crippen molar-refractivity contribution in [2.24, 2.45) is 4.99 Å². The van der Waals surface area contributed by atoms with E-state index in [-0.39, 0.29) is 5.41 Å². The Hall–Kier alpha value is -1.75. The standard InChI is InChI=1S/C20H31N3O2/c1-5-21-19(23-17-12-16-9-10-18(17)25-16)22-13-20(2,3)14-7-6-8-15(11-14)24-4/h6-8,11,16-18H,5,9-10,12-13H2,1-4H3,(H2,21,22,23). The van der Waals surface area contributed by atoms with E-state index in [2.05, 4.69) is 43.5 Å². The molecule has 0 spiro atoms. The van der Waals surface area contributed by atoms with Crippen LogP contribution in [0.2, 0.25) is 0 Å². The molecule has 2 fully saturated rings. The third kappa shape index (κ3) is 4.27. The third-order valence-corrected chi connectivity index (χ3v) is 5.26. The molecule has 2 bridgehead atoms. The van der Waals surface area contributed by atoms with Crippen LogP contribution in [-0.2, 0) is 10.2 Å². The van der Waals surface area contributed by atoms with Crippen LogP contribution >= 0.6 is 0 Å². The first-order chi connectivity index (χ1) is 12.0. The summed E-state index contributed by atoms with van der Waals surface area (Å²) in [6.07, 6.45) is 4.25. The monoisotopic (exact) mass is 345 g/mol. The molecular formula is C20H31N3O2. The number of nitrogens with zero attached hydrogens (tertiary/aromatic N) is 1. The molecule has 5 nitrogen and oxygen atoms in total. The second kappa shape index (κ2) is 7.65. The SMILES string of the molecule is CCNC(=NCC(C)(C)c1cccc(OC)c1)NC1CC2CCC1O2. The van der Waals surface area contributed by atoms with E-state index < -0.39 is 0 Å². The van der Waals surface area contributed by atoms with Crippen molar-refractivity contribution in [2.45, 2.75) is 63.7 Å². The maximum atomic E-state index is 5.94.